The van der Waals surface area contributed by atoms with Gasteiger partial charge in [0, 0.05) is 29.2 Å². The molecule has 1 aromatic rings. The Morgan fingerprint density at radius 3 is 2.56 bits per heavy atom. The molecule has 0 spiro atoms. The smallest absolute Gasteiger partial charge is 0.0351 e. The number of hydrogen-bond acceptors (Lipinski definition) is 3. The van der Waals surface area contributed by atoms with Gasteiger partial charge in [-0.25, -0.2) is 0 Å². The highest BCUT2D eigenvalue weighted by atomic mass is 32.2. The highest BCUT2D eigenvalue weighted by Gasteiger charge is 2.06. The third-order valence-electron chi connectivity index (χ3n) is 2.18. The van der Waals surface area contributed by atoms with Crippen molar-refractivity contribution in [1.29, 1.82) is 0 Å². The first kappa shape index (κ1) is 13.4. The fourth-order valence-corrected chi connectivity index (χ4v) is 1.84. The molecule has 1 rings (SSSR count). The van der Waals surface area contributed by atoms with E-state index >= 15 is 0 Å². The molecule has 2 N–H and O–H groups in total. The van der Waals surface area contributed by atoms with Crippen LogP contribution in [0.2, 0.25) is 0 Å². The molecule has 1 aromatic carbocycles. The second-order valence-electron chi connectivity index (χ2n) is 4.84. The molecule has 0 bridgehead atoms. The minimum Gasteiger partial charge on any atom is -0.384 e. The fourth-order valence-electron chi connectivity index (χ4n) is 1.38. The van der Waals surface area contributed by atoms with E-state index in [0.717, 1.165) is 13.1 Å². The number of benzene rings is 1. The Morgan fingerprint density at radius 2 is 1.94 bits per heavy atom. The third-order valence-corrected chi connectivity index (χ3v) is 2.90. The molecule has 0 aliphatic rings. The lowest BCUT2D eigenvalue weighted by Crippen LogP contribution is -2.38. The molecule has 3 heteroatoms. The Bertz CT molecular complexity index is 318. The topological polar surface area (TPSA) is 24.1 Å². The molecule has 0 aliphatic carbocycles. The van der Waals surface area contributed by atoms with E-state index in [9.17, 15) is 0 Å². The van der Waals surface area contributed by atoms with Crippen molar-refractivity contribution in [3.8, 4) is 0 Å². The lowest BCUT2D eigenvalue weighted by molar-refractivity contribution is 0.435. The molecule has 0 heterocycles. The van der Waals surface area contributed by atoms with Gasteiger partial charge in [0.2, 0.25) is 0 Å². The van der Waals surface area contributed by atoms with Crippen LogP contribution in [-0.4, -0.2) is 24.9 Å². The highest BCUT2D eigenvalue weighted by Crippen LogP contribution is 2.18. The Kier molecular flexibility index (Phi) is 5.16. The first-order valence-corrected chi connectivity index (χ1v) is 6.87. The predicted molar refractivity (Wildman–Crippen MR) is 74.5 cm³/mol. The predicted octanol–water partition coefficient (Wildman–Crippen LogP) is 3.21. The van der Waals surface area contributed by atoms with E-state index < -0.39 is 0 Å². The van der Waals surface area contributed by atoms with Crippen molar-refractivity contribution in [1.82, 2.24) is 5.32 Å². The van der Waals surface area contributed by atoms with Crippen LogP contribution in [0.1, 0.15) is 20.8 Å². The first-order valence-electron chi connectivity index (χ1n) is 5.64. The summed E-state index contributed by atoms with van der Waals surface area (Å²) < 4.78 is 0. The fraction of sp³-hybridized carbons (Fsp3) is 0.538. The van der Waals surface area contributed by atoms with Gasteiger partial charge in [0.25, 0.3) is 0 Å². The van der Waals surface area contributed by atoms with E-state index in [2.05, 4.69) is 61.9 Å². The summed E-state index contributed by atoms with van der Waals surface area (Å²) in [5, 5.41) is 6.87. The lowest BCUT2D eigenvalue weighted by atomic mass is 10.1. The van der Waals surface area contributed by atoms with Crippen molar-refractivity contribution in [2.75, 3.05) is 24.7 Å². The van der Waals surface area contributed by atoms with Gasteiger partial charge in [-0.2, -0.15) is 0 Å². The van der Waals surface area contributed by atoms with Crippen molar-refractivity contribution < 1.29 is 0 Å². The highest BCUT2D eigenvalue weighted by molar-refractivity contribution is 7.98. The second kappa shape index (κ2) is 6.16. The van der Waals surface area contributed by atoms with Crippen LogP contribution in [0, 0.1) is 0 Å². The quantitative estimate of drug-likeness (QED) is 0.608. The zero-order valence-electron chi connectivity index (χ0n) is 10.6. The van der Waals surface area contributed by atoms with Crippen LogP contribution in [0.4, 0.5) is 5.69 Å². The van der Waals surface area contributed by atoms with E-state index in [-0.39, 0.29) is 5.54 Å². The first-order chi connectivity index (χ1) is 7.51. The van der Waals surface area contributed by atoms with Crippen molar-refractivity contribution in [2.45, 2.75) is 31.2 Å². The van der Waals surface area contributed by atoms with Gasteiger partial charge in [0.1, 0.15) is 0 Å². The van der Waals surface area contributed by atoms with Crippen LogP contribution in [-0.2, 0) is 0 Å². The molecule has 0 atom stereocenters. The molecular formula is C13H22N2S. The summed E-state index contributed by atoms with van der Waals surface area (Å²) in [5.74, 6) is 0. The third kappa shape index (κ3) is 5.42. The van der Waals surface area contributed by atoms with Crippen LogP contribution in [0.15, 0.2) is 29.2 Å². The zero-order chi connectivity index (χ0) is 12.0. The molecule has 0 saturated carbocycles. The largest absolute Gasteiger partial charge is 0.384 e. The van der Waals surface area contributed by atoms with Crippen LogP contribution in [0.25, 0.3) is 0 Å². The molecular weight excluding hydrogens is 216 g/mol. The number of hydrogen-bond donors (Lipinski definition) is 2. The van der Waals surface area contributed by atoms with Crippen LogP contribution >= 0.6 is 11.8 Å². The van der Waals surface area contributed by atoms with Gasteiger partial charge in [0.05, 0.1) is 0 Å². The molecule has 0 fully saturated rings. The van der Waals surface area contributed by atoms with Crippen LogP contribution < -0.4 is 10.6 Å². The maximum Gasteiger partial charge on any atom is 0.0351 e. The average Bonchev–Trinajstić information content (AvgIpc) is 2.23. The second-order valence-corrected chi connectivity index (χ2v) is 5.72. The zero-order valence-corrected chi connectivity index (χ0v) is 11.4. The van der Waals surface area contributed by atoms with Gasteiger partial charge < -0.3 is 10.6 Å². The van der Waals surface area contributed by atoms with Crippen LogP contribution in [0.3, 0.4) is 0 Å². The molecule has 0 aromatic heterocycles. The van der Waals surface area contributed by atoms with Crippen molar-refractivity contribution >= 4 is 17.4 Å². The molecule has 0 amide bonds. The Hall–Kier alpha value is -0.670. The Balaban J connectivity index is 2.32. The van der Waals surface area contributed by atoms with Gasteiger partial charge in [0.15, 0.2) is 0 Å². The van der Waals surface area contributed by atoms with E-state index in [4.69, 9.17) is 0 Å². The monoisotopic (exact) mass is 238 g/mol. The molecule has 2 nitrogen and oxygen atoms in total. The molecule has 0 radical (unpaired) electrons. The molecule has 0 aliphatic heterocycles. The summed E-state index contributed by atoms with van der Waals surface area (Å²) in [7, 11) is 0. The van der Waals surface area contributed by atoms with Gasteiger partial charge in [-0.1, -0.05) is 6.07 Å². The Labute approximate surface area is 103 Å². The normalized spacial score (nSPS) is 11.5. The molecule has 16 heavy (non-hydrogen) atoms. The van der Waals surface area contributed by atoms with Gasteiger partial charge in [-0.05, 0) is 45.2 Å². The number of anilines is 1. The summed E-state index contributed by atoms with van der Waals surface area (Å²) >= 11 is 1.77. The number of rotatable bonds is 5. The SMILES string of the molecule is CSc1cccc(NCCNC(C)(C)C)c1. The lowest BCUT2D eigenvalue weighted by Gasteiger charge is -2.20. The minimum absolute atomic E-state index is 0.197. The van der Waals surface area contributed by atoms with Crippen molar-refractivity contribution in [3.05, 3.63) is 24.3 Å². The van der Waals surface area contributed by atoms with Gasteiger partial charge >= 0.3 is 0 Å². The summed E-state index contributed by atoms with van der Waals surface area (Å²) in [4.78, 5) is 1.30. The average molecular weight is 238 g/mol. The minimum atomic E-state index is 0.197. The van der Waals surface area contributed by atoms with E-state index in [0.29, 0.717) is 0 Å². The van der Waals surface area contributed by atoms with Gasteiger partial charge in [-0.3, -0.25) is 0 Å². The van der Waals surface area contributed by atoms with E-state index in [1.165, 1.54) is 10.6 Å². The summed E-state index contributed by atoms with van der Waals surface area (Å²) in [6.45, 7) is 8.48. The molecule has 0 saturated heterocycles. The maximum atomic E-state index is 3.45. The van der Waals surface area contributed by atoms with Crippen molar-refractivity contribution in [3.63, 3.8) is 0 Å². The summed E-state index contributed by atoms with van der Waals surface area (Å²) in [6.07, 6.45) is 2.10. The summed E-state index contributed by atoms with van der Waals surface area (Å²) in [5.41, 5.74) is 1.39. The van der Waals surface area contributed by atoms with E-state index in [1.54, 1.807) is 11.8 Å². The maximum absolute atomic E-state index is 3.45. The number of nitrogens with one attached hydrogen (secondary N) is 2. The molecule has 90 valence electrons. The van der Waals surface area contributed by atoms with Crippen molar-refractivity contribution in [2.24, 2.45) is 0 Å². The summed E-state index contributed by atoms with van der Waals surface area (Å²) in [6, 6.07) is 8.51. The van der Waals surface area contributed by atoms with Gasteiger partial charge in [-0.15, -0.1) is 11.8 Å². The standard InChI is InChI=1S/C13H22N2S/c1-13(2,3)15-9-8-14-11-6-5-7-12(10-11)16-4/h5-7,10,14-15H,8-9H2,1-4H3. The van der Waals surface area contributed by atoms with E-state index in [1.807, 2.05) is 0 Å². The van der Waals surface area contributed by atoms with Crippen LogP contribution in [0.5, 0.6) is 0 Å². The number of thioether (sulfide) groups is 1. The molecule has 0 unspecified atom stereocenters. The Morgan fingerprint density at radius 1 is 1.19 bits per heavy atom.